The summed E-state index contributed by atoms with van der Waals surface area (Å²) in [6, 6.07) is 21.0. The first-order valence-corrected chi connectivity index (χ1v) is 16.9. The number of hydrogen-bond acceptors (Lipinski definition) is 7. The number of carbonyl (C=O) groups excluding carboxylic acids is 2. The molecular formula is C32H38ClN6O4S. The normalized spacial score (nSPS) is 17.5. The van der Waals surface area contributed by atoms with Crippen LogP contribution in [-0.4, -0.2) is 76.7 Å². The summed E-state index contributed by atoms with van der Waals surface area (Å²) in [6.45, 7) is 4.04. The molecule has 10 nitrogen and oxygen atoms in total. The number of anilines is 2. The predicted molar refractivity (Wildman–Crippen MR) is 174 cm³/mol. The summed E-state index contributed by atoms with van der Waals surface area (Å²) in [5.41, 5.74) is 9.91. The summed E-state index contributed by atoms with van der Waals surface area (Å²) in [6.07, 6.45) is 2.20. The summed E-state index contributed by atoms with van der Waals surface area (Å²) in [5.74, 6) is -0.441. The second-order valence-corrected chi connectivity index (χ2v) is 13.4. The molecule has 2 heterocycles. The molecular weight excluding hydrogens is 600 g/mol. The summed E-state index contributed by atoms with van der Waals surface area (Å²) >= 11 is 6.10. The first-order valence-electron chi connectivity index (χ1n) is 14.7. The molecule has 0 spiro atoms. The summed E-state index contributed by atoms with van der Waals surface area (Å²) in [5, 5.41) is 6.82. The molecule has 233 valence electrons. The number of sulfonamides is 1. The minimum atomic E-state index is -3.54. The molecule has 2 atom stereocenters. The maximum atomic E-state index is 14.0. The topological polar surface area (TPSA) is 128 Å². The number of halogens is 1. The molecule has 1 fully saturated rings. The van der Waals surface area contributed by atoms with Gasteiger partial charge in [-0.15, -0.1) is 0 Å². The maximum absolute atomic E-state index is 14.0. The highest BCUT2D eigenvalue weighted by Gasteiger charge is 2.33. The third-order valence-corrected chi connectivity index (χ3v) is 9.45. The van der Waals surface area contributed by atoms with Gasteiger partial charge in [0.25, 0.3) is 0 Å². The largest absolute Gasteiger partial charge is 0.366 e. The molecule has 1 unspecified atom stereocenters. The molecule has 1 saturated heterocycles. The van der Waals surface area contributed by atoms with Crippen molar-refractivity contribution in [1.82, 2.24) is 15.5 Å². The molecule has 5 rings (SSSR count). The van der Waals surface area contributed by atoms with Gasteiger partial charge < -0.3 is 20.9 Å². The lowest BCUT2D eigenvalue weighted by molar-refractivity contribution is -0.137. The van der Waals surface area contributed by atoms with E-state index in [9.17, 15) is 18.0 Å². The standard InChI is InChI=1S/C32H38ClN6O4S/c1-44(42,43)39(17-15-34)29-9-5-4-8-28(29)37-18-20-38(21-19-37)32(41)27(22-23-10-12-25(33)13-11-23)36-31(40)30-26-7-3-2-6-24(26)14-16-35-30/h2-13,16,27,30,35H,14-15,17-22,34H2,1H3,(H,36,40)/t27-,30?/m1/s1. The van der Waals surface area contributed by atoms with Gasteiger partial charge in [-0.1, -0.05) is 60.1 Å². The molecule has 2 aliphatic rings. The summed E-state index contributed by atoms with van der Waals surface area (Å²) in [7, 11) is -3.54. The van der Waals surface area contributed by atoms with Gasteiger partial charge in [-0.2, -0.15) is 0 Å². The van der Waals surface area contributed by atoms with E-state index in [1.165, 1.54) is 10.6 Å². The third-order valence-electron chi connectivity index (χ3n) is 8.02. The number of piperazine rings is 1. The van der Waals surface area contributed by atoms with Crippen molar-refractivity contribution in [3.63, 3.8) is 0 Å². The molecule has 1 radical (unpaired) electrons. The Labute approximate surface area is 264 Å². The van der Waals surface area contributed by atoms with Crippen LogP contribution in [-0.2, 0) is 32.5 Å². The lowest BCUT2D eigenvalue weighted by Crippen LogP contribution is -2.57. The highest BCUT2D eigenvalue weighted by Crippen LogP contribution is 2.32. The fourth-order valence-electron chi connectivity index (χ4n) is 5.82. The molecule has 0 aromatic heterocycles. The number of nitrogens with zero attached hydrogens (tertiary/aromatic N) is 3. The van der Waals surface area contributed by atoms with Crippen LogP contribution in [0.25, 0.3) is 0 Å². The molecule has 0 aliphatic carbocycles. The Balaban J connectivity index is 1.33. The first kappa shape index (κ1) is 31.8. The number of nitrogens with one attached hydrogen (secondary N) is 2. The SMILES string of the molecule is CS(=O)(=O)N(CCN)c1ccccc1N1CCN(C(=O)[C@@H](Cc2ccc(Cl)cc2)NC(=O)C2N[CH]Cc3ccccc32)CC1. The summed E-state index contributed by atoms with van der Waals surface area (Å²) in [4.78, 5) is 31.5. The van der Waals surface area contributed by atoms with E-state index in [1.54, 1.807) is 29.2 Å². The van der Waals surface area contributed by atoms with E-state index < -0.39 is 22.1 Å². The zero-order chi connectivity index (χ0) is 31.3. The van der Waals surface area contributed by atoms with Crippen LogP contribution in [0.3, 0.4) is 0 Å². The summed E-state index contributed by atoms with van der Waals surface area (Å²) < 4.78 is 26.5. The van der Waals surface area contributed by atoms with Gasteiger partial charge >= 0.3 is 0 Å². The number of benzene rings is 3. The third kappa shape index (κ3) is 7.35. The van der Waals surface area contributed by atoms with E-state index >= 15 is 0 Å². The van der Waals surface area contributed by atoms with Gasteiger partial charge in [-0.25, -0.2) is 8.42 Å². The molecule has 4 N–H and O–H groups in total. The number of para-hydroxylation sites is 2. The second-order valence-electron chi connectivity index (χ2n) is 11.0. The lowest BCUT2D eigenvalue weighted by atomic mass is 9.93. The number of hydrogen-bond donors (Lipinski definition) is 3. The molecule has 3 aromatic carbocycles. The van der Waals surface area contributed by atoms with Gasteiger partial charge in [0, 0.05) is 57.3 Å². The Kier molecular flexibility index (Phi) is 10.1. The van der Waals surface area contributed by atoms with Crippen molar-refractivity contribution in [3.8, 4) is 0 Å². The highest BCUT2D eigenvalue weighted by atomic mass is 35.5. The van der Waals surface area contributed by atoms with E-state index in [1.807, 2.05) is 55.1 Å². The van der Waals surface area contributed by atoms with Crippen LogP contribution < -0.4 is 25.6 Å². The fraction of sp³-hybridized carbons (Fsp3) is 0.344. The minimum Gasteiger partial charge on any atom is -0.366 e. The fourth-order valence-corrected chi connectivity index (χ4v) is 6.89. The molecule has 0 bridgehead atoms. The van der Waals surface area contributed by atoms with Crippen LogP contribution in [0, 0.1) is 6.54 Å². The van der Waals surface area contributed by atoms with Gasteiger partial charge in [0.05, 0.1) is 17.6 Å². The molecule has 44 heavy (non-hydrogen) atoms. The van der Waals surface area contributed by atoms with E-state index in [0.717, 1.165) is 22.4 Å². The highest BCUT2D eigenvalue weighted by molar-refractivity contribution is 7.92. The van der Waals surface area contributed by atoms with E-state index in [-0.39, 0.29) is 24.9 Å². The van der Waals surface area contributed by atoms with Crippen LogP contribution in [0.5, 0.6) is 0 Å². The van der Waals surface area contributed by atoms with Crippen molar-refractivity contribution in [1.29, 1.82) is 0 Å². The van der Waals surface area contributed by atoms with Gasteiger partial charge in [0.2, 0.25) is 21.8 Å². The molecule has 0 saturated carbocycles. The molecule has 12 heteroatoms. The molecule has 3 aromatic rings. The monoisotopic (exact) mass is 637 g/mol. The van der Waals surface area contributed by atoms with Crippen LogP contribution in [0.4, 0.5) is 11.4 Å². The minimum absolute atomic E-state index is 0.165. The zero-order valence-electron chi connectivity index (χ0n) is 24.7. The van der Waals surface area contributed by atoms with E-state index in [4.69, 9.17) is 17.3 Å². The van der Waals surface area contributed by atoms with E-state index in [2.05, 4.69) is 15.5 Å². The maximum Gasteiger partial charge on any atom is 0.245 e. The van der Waals surface area contributed by atoms with Gasteiger partial charge in [-0.05, 0) is 47.4 Å². The van der Waals surface area contributed by atoms with Crippen molar-refractivity contribution >= 4 is 44.8 Å². The zero-order valence-corrected chi connectivity index (χ0v) is 26.2. The van der Waals surface area contributed by atoms with Crippen LogP contribution in [0.1, 0.15) is 22.7 Å². The average Bonchev–Trinajstić information content (AvgIpc) is 3.03. The van der Waals surface area contributed by atoms with Crippen molar-refractivity contribution < 1.29 is 18.0 Å². The number of carbonyl (C=O) groups is 2. The first-order chi connectivity index (χ1) is 21.2. The smallest absolute Gasteiger partial charge is 0.245 e. The number of rotatable bonds is 10. The Bertz CT molecular complexity index is 1580. The second kappa shape index (κ2) is 14.0. The van der Waals surface area contributed by atoms with Crippen molar-refractivity contribution in [2.24, 2.45) is 5.73 Å². The van der Waals surface area contributed by atoms with Crippen LogP contribution in [0.2, 0.25) is 5.02 Å². The van der Waals surface area contributed by atoms with Gasteiger partial charge in [0.15, 0.2) is 0 Å². The predicted octanol–water partition coefficient (Wildman–Crippen LogP) is 2.49. The number of fused-ring (bicyclic) bond motifs is 1. The van der Waals surface area contributed by atoms with Crippen molar-refractivity contribution in [2.75, 3.05) is 54.7 Å². The van der Waals surface area contributed by atoms with Crippen molar-refractivity contribution in [2.45, 2.75) is 24.9 Å². The quantitative estimate of drug-likeness (QED) is 0.312. The Hall–Kier alpha value is -3.64. The van der Waals surface area contributed by atoms with Gasteiger partial charge in [-0.3, -0.25) is 19.2 Å². The van der Waals surface area contributed by atoms with E-state index in [0.29, 0.717) is 49.7 Å². The van der Waals surface area contributed by atoms with Crippen LogP contribution in [0.15, 0.2) is 72.8 Å². The number of nitrogens with two attached hydrogens (primary N) is 1. The molecule has 2 aliphatic heterocycles. The molecule has 2 amide bonds. The van der Waals surface area contributed by atoms with Crippen LogP contribution >= 0.6 is 11.6 Å². The lowest BCUT2D eigenvalue weighted by Gasteiger charge is -2.39. The van der Waals surface area contributed by atoms with Gasteiger partial charge in [0.1, 0.15) is 12.1 Å². The Morgan fingerprint density at radius 3 is 2.41 bits per heavy atom. The number of amides is 2. The van der Waals surface area contributed by atoms with Crippen molar-refractivity contribution in [3.05, 3.63) is 101 Å². The Morgan fingerprint density at radius 2 is 1.70 bits per heavy atom. The average molecular weight is 638 g/mol. The Morgan fingerprint density at radius 1 is 1.02 bits per heavy atom.